The lowest BCUT2D eigenvalue weighted by Gasteiger charge is -2.23. The lowest BCUT2D eigenvalue weighted by Crippen LogP contribution is -2.46. The highest BCUT2D eigenvalue weighted by molar-refractivity contribution is 7.92. The molecule has 1 aromatic carbocycles. The number of nitrogens with one attached hydrogen (secondary N) is 1. The van der Waals surface area contributed by atoms with Gasteiger partial charge in [-0.05, 0) is 31.5 Å². The van der Waals surface area contributed by atoms with Gasteiger partial charge < -0.3 is 5.73 Å². The molecular formula is C11H15FN2O4S2. The predicted molar refractivity (Wildman–Crippen MR) is 72.8 cm³/mol. The van der Waals surface area contributed by atoms with Crippen LogP contribution in [0.25, 0.3) is 0 Å². The normalized spacial score (nSPS) is 25.7. The maximum Gasteiger partial charge on any atom is 0.244 e. The van der Waals surface area contributed by atoms with Gasteiger partial charge in [0.05, 0.1) is 11.5 Å². The topological polar surface area (TPSA) is 106 Å². The van der Waals surface area contributed by atoms with E-state index < -0.39 is 36.1 Å². The van der Waals surface area contributed by atoms with Crippen molar-refractivity contribution in [3.63, 3.8) is 0 Å². The summed E-state index contributed by atoms with van der Waals surface area (Å²) in [5.74, 6) is -1.33. The lowest BCUT2D eigenvalue weighted by atomic mass is 10.0. The highest BCUT2D eigenvalue weighted by Gasteiger charge is 2.41. The van der Waals surface area contributed by atoms with Crippen LogP contribution in [0, 0.1) is 5.82 Å². The second-order valence-corrected chi connectivity index (χ2v) is 9.03. The van der Waals surface area contributed by atoms with Gasteiger partial charge in [-0.25, -0.2) is 25.9 Å². The Labute approximate surface area is 117 Å². The highest BCUT2D eigenvalue weighted by atomic mass is 32.2. The fourth-order valence-corrected chi connectivity index (χ4v) is 5.93. The average Bonchev–Trinajstić information content (AvgIpc) is 2.55. The van der Waals surface area contributed by atoms with Crippen molar-refractivity contribution in [2.75, 3.05) is 17.2 Å². The van der Waals surface area contributed by atoms with Crippen LogP contribution in [0.4, 0.5) is 10.1 Å². The third kappa shape index (κ3) is 3.10. The quantitative estimate of drug-likeness (QED) is 0.777. The zero-order valence-corrected chi connectivity index (χ0v) is 12.4. The molecule has 1 atom stereocenters. The van der Waals surface area contributed by atoms with Crippen LogP contribution in [0.2, 0.25) is 0 Å². The van der Waals surface area contributed by atoms with Gasteiger partial charge in [0.25, 0.3) is 0 Å². The molecule has 0 spiro atoms. The van der Waals surface area contributed by atoms with Crippen molar-refractivity contribution < 1.29 is 21.2 Å². The maximum absolute atomic E-state index is 13.6. The molecule has 112 valence electrons. The van der Waals surface area contributed by atoms with Gasteiger partial charge in [0.2, 0.25) is 10.0 Å². The lowest BCUT2D eigenvalue weighted by molar-refractivity contribution is 0.459. The minimum Gasteiger partial charge on any atom is -0.399 e. The van der Waals surface area contributed by atoms with Crippen molar-refractivity contribution >= 4 is 25.5 Å². The Morgan fingerprint density at radius 3 is 2.60 bits per heavy atom. The van der Waals surface area contributed by atoms with Gasteiger partial charge in [0.15, 0.2) is 9.84 Å². The molecule has 6 nitrogen and oxygen atoms in total. The SMILES string of the molecule is CC1(NS(=O)(=O)c2cc(N)ccc2F)CCS(=O)(=O)C1. The molecule has 0 bridgehead atoms. The summed E-state index contributed by atoms with van der Waals surface area (Å²) in [6.45, 7) is 1.49. The fourth-order valence-electron chi connectivity index (χ4n) is 2.20. The average molecular weight is 322 g/mol. The monoisotopic (exact) mass is 322 g/mol. The van der Waals surface area contributed by atoms with E-state index in [4.69, 9.17) is 5.73 Å². The zero-order valence-electron chi connectivity index (χ0n) is 10.8. The van der Waals surface area contributed by atoms with Crippen LogP contribution < -0.4 is 10.5 Å². The van der Waals surface area contributed by atoms with Gasteiger partial charge >= 0.3 is 0 Å². The standard InChI is InChI=1S/C11H15FN2O4S2/c1-11(4-5-19(15,16)7-11)14-20(17,18)10-6-8(13)2-3-9(10)12/h2-3,6,14H,4-5,7,13H2,1H3. The highest BCUT2D eigenvalue weighted by Crippen LogP contribution is 2.26. The Kier molecular flexibility index (Phi) is 3.55. The van der Waals surface area contributed by atoms with Crippen LogP contribution in [0.3, 0.4) is 0 Å². The molecule has 2 rings (SSSR count). The third-order valence-corrected chi connectivity index (χ3v) is 6.69. The minimum atomic E-state index is -4.17. The number of rotatable bonds is 3. The molecule has 1 heterocycles. The minimum absolute atomic E-state index is 0.0918. The van der Waals surface area contributed by atoms with Gasteiger partial charge in [-0.1, -0.05) is 0 Å². The number of nitrogen functional groups attached to an aromatic ring is 1. The Bertz CT molecular complexity index is 746. The van der Waals surface area contributed by atoms with Crippen LogP contribution in [-0.4, -0.2) is 33.9 Å². The number of nitrogens with two attached hydrogens (primary N) is 1. The van der Waals surface area contributed by atoms with E-state index in [9.17, 15) is 21.2 Å². The third-order valence-electron chi connectivity index (χ3n) is 3.13. The number of sulfonamides is 1. The van der Waals surface area contributed by atoms with E-state index in [0.29, 0.717) is 0 Å². The van der Waals surface area contributed by atoms with Gasteiger partial charge in [0.1, 0.15) is 10.7 Å². The second kappa shape index (κ2) is 4.68. The first-order valence-corrected chi connectivity index (χ1v) is 9.13. The van der Waals surface area contributed by atoms with Crippen molar-refractivity contribution in [3.05, 3.63) is 24.0 Å². The summed E-state index contributed by atoms with van der Waals surface area (Å²) < 4.78 is 63.2. The van der Waals surface area contributed by atoms with Crippen molar-refractivity contribution in [1.29, 1.82) is 0 Å². The van der Waals surface area contributed by atoms with Crippen LogP contribution in [-0.2, 0) is 19.9 Å². The molecule has 0 saturated carbocycles. The van der Waals surface area contributed by atoms with Crippen LogP contribution >= 0.6 is 0 Å². The molecule has 3 N–H and O–H groups in total. The number of hydrogen-bond acceptors (Lipinski definition) is 5. The van der Waals surface area contributed by atoms with Crippen molar-refractivity contribution in [1.82, 2.24) is 4.72 Å². The summed E-state index contributed by atoms with van der Waals surface area (Å²) in [4.78, 5) is -0.581. The molecule has 1 saturated heterocycles. The molecule has 0 radical (unpaired) electrons. The van der Waals surface area contributed by atoms with E-state index in [-0.39, 0.29) is 23.6 Å². The van der Waals surface area contributed by atoms with Gasteiger partial charge in [-0.2, -0.15) is 0 Å². The number of anilines is 1. The predicted octanol–water partition coefficient (Wildman–Crippen LogP) is 0.263. The van der Waals surface area contributed by atoms with E-state index in [0.717, 1.165) is 12.1 Å². The van der Waals surface area contributed by atoms with Crippen LogP contribution in [0.5, 0.6) is 0 Å². The summed E-state index contributed by atoms with van der Waals surface area (Å²) in [5, 5.41) is 0. The van der Waals surface area contributed by atoms with Gasteiger partial charge in [-0.15, -0.1) is 0 Å². The molecule has 1 fully saturated rings. The van der Waals surface area contributed by atoms with Crippen molar-refractivity contribution in [2.45, 2.75) is 23.8 Å². The Balaban J connectivity index is 2.35. The molecule has 0 aliphatic carbocycles. The Morgan fingerprint density at radius 2 is 2.05 bits per heavy atom. The molecule has 0 aromatic heterocycles. The molecule has 1 aliphatic rings. The summed E-state index contributed by atoms with van der Waals surface area (Å²) in [7, 11) is -7.45. The van der Waals surface area contributed by atoms with Crippen LogP contribution in [0.15, 0.2) is 23.1 Å². The largest absolute Gasteiger partial charge is 0.399 e. The Morgan fingerprint density at radius 1 is 1.40 bits per heavy atom. The van der Waals surface area contributed by atoms with E-state index in [2.05, 4.69) is 4.72 Å². The Hall–Kier alpha value is -1.19. The smallest absolute Gasteiger partial charge is 0.244 e. The maximum atomic E-state index is 13.6. The summed E-state index contributed by atoms with van der Waals surface area (Å²) in [5.41, 5.74) is 4.43. The summed E-state index contributed by atoms with van der Waals surface area (Å²) in [6.07, 6.45) is 0.151. The molecule has 1 unspecified atom stereocenters. The number of sulfone groups is 1. The first-order valence-electron chi connectivity index (χ1n) is 5.83. The van der Waals surface area contributed by atoms with Crippen molar-refractivity contribution in [2.24, 2.45) is 0 Å². The summed E-state index contributed by atoms with van der Waals surface area (Å²) in [6, 6.07) is 3.21. The fraction of sp³-hybridized carbons (Fsp3) is 0.455. The molecule has 0 amide bonds. The van der Waals surface area contributed by atoms with Gasteiger partial charge in [0, 0.05) is 11.2 Å². The molecule has 20 heavy (non-hydrogen) atoms. The van der Waals surface area contributed by atoms with E-state index in [1.807, 2.05) is 0 Å². The second-order valence-electron chi connectivity index (χ2n) is 5.20. The summed E-state index contributed by atoms with van der Waals surface area (Å²) >= 11 is 0. The van der Waals surface area contributed by atoms with Crippen LogP contribution in [0.1, 0.15) is 13.3 Å². The number of hydrogen-bond donors (Lipinski definition) is 2. The molecule has 9 heteroatoms. The first kappa shape index (κ1) is 15.2. The van der Waals surface area contributed by atoms with Gasteiger partial charge in [-0.3, -0.25) is 0 Å². The first-order chi connectivity index (χ1) is 9.03. The number of halogens is 1. The van der Waals surface area contributed by atoms with E-state index in [1.54, 1.807) is 0 Å². The molecule has 1 aliphatic heterocycles. The molecular weight excluding hydrogens is 307 g/mol. The molecule has 1 aromatic rings. The number of benzene rings is 1. The van der Waals surface area contributed by atoms with E-state index in [1.165, 1.54) is 13.0 Å². The zero-order chi connectivity index (χ0) is 15.2. The van der Waals surface area contributed by atoms with Crippen molar-refractivity contribution in [3.8, 4) is 0 Å². The van der Waals surface area contributed by atoms with E-state index >= 15 is 0 Å².